The van der Waals surface area contributed by atoms with Gasteiger partial charge >= 0.3 is 0 Å². The maximum Gasteiger partial charge on any atom is 0.265 e. The maximum atomic E-state index is 12.3. The molecule has 1 aromatic carbocycles. The number of thiazole rings is 1. The van der Waals surface area contributed by atoms with E-state index < -0.39 is 10.0 Å². The Hall–Kier alpha value is -1.35. The van der Waals surface area contributed by atoms with Gasteiger partial charge in [-0.05, 0) is 25.1 Å². The zero-order valence-corrected chi connectivity index (χ0v) is 13.7. The van der Waals surface area contributed by atoms with Crippen LogP contribution in [0.15, 0.2) is 33.6 Å². The number of rotatable bonds is 4. The number of aromatic nitrogens is 1. The summed E-state index contributed by atoms with van der Waals surface area (Å²) in [6.45, 7) is 1.54. The third-order valence-corrected chi connectivity index (χ3v) is 5.37. The molecule has 6 nitrogen and oxygen atoms in total. The molecular weight excluding hydrogens is 357 g/mol. The Morgan fingerprint density at radius 2 is 2.14 bits per heavy atom. The van der Waals surface area contributed by atoms with Crippen molar-refractivity contribution in [1.82, 2.24) is 4.98 Å². The normalized spacial score (nSPS) is 12.4. The minimum atomic E-state index is -3.91. The van der Waals surface area contributed by atoms with E-state index in [-0.39, 0.29) is 25.8 Å². The summed E-state index contributed by atoms with van der Waals surface area (Å²) in [6.07, 6.45) is 0. The van der Waals surface area contributed by atoms with Gasteiger partial charge < -0.3 is 5.21 Å². The molecule has 0 amide bonds. The molecule has 2 aromatic rings. The minimum Gasteiger partial charge on any atom is -0.411 e. The van der Waals surface area contributed by atoms with Crippen LogP contribution < -0.4 is 4.72 Å². The van der Waals surface area contributed by atoms with E-state index in [1.54, 1.807) is 12.3 Å². The number of hydrogen-bond acceptors (Lipinski definition) is 6. The predicted molar refractivity (Wildman–Crippen MR) is 83.4 cm³/mol. The highest BCUT2D eigenvalue weighted by atomic mass is 35.5. The van der Waals surface area contributed by atoms with Gasteiger partial charge in [-0.1, -0.05) is 28.4 Å². The van der Waals surface area contributed by atoms with Gasteiger partial charge in [0.2, 0.25) is 0 Å². The predicted octanol–water partition coefficient (Wildman–Crippen LogP) is 3.45. The van der Waals surface area contributed by atoms with Gasteiger partial charge in [0.05, 0.1) is 5.02 Å². The Labute approximate surface area is 135 Å². The molecule has 1 aromatic heterocycles. The first-order chi connectivity index (χ1) is 9.83. The fourth-order valence-electron chi connectivity index (χ4n) is 1.39. The second-order valence-electron chi connectivity index (χ2n) is 3.90. The van der Waals surface area contributed by atoms with Crippen molar-refractivity contribution in [1.29, 1.82) is 0 Å². The number of anilines is 1. The third kappa shape index (κ3) is 3.65. The van der Waals surface area contributed by atoms with E-state index in [1.807, 2.05) is 0 Å². The summed E-state index contributed by atoms with van der Waals surface area (Å²) in [5.74, 6) is 0. The molecule has 21 heavy (non-hydrogen) atoms. The van der Waals surface area contributed by atoms with E-state index in [2.05, 4.69) is 14.9 Å². The fourth-order valence-corrected chi connectivity index (χ4v) is 4.16. The molecule has 0 bridgehead atoms. The second-order valence-corrected chi connectivity index (χ2v) is 7.26. The van der Waals surface area contributed by atoms with E-state index in [1.165, 1.54) is 18.2 Å². The largest absolute Gasteiger partial charge is 0.411 e. The molecule has 0 unspecified atom stereocenters. The third-order valence-electron chi connectivity index (χ3n) is 2.43. The van der Waals surface area contributed by atoms with E-state index in [0.29, 0.717) is 5.69 Å². The molecule has 0 saturated heterocycles. The van der Waals surface area contributed by atoms with Gasteiger partial charge in [0.15, 0.2) is 5.13 Å². The lowest BCUT2D eigenvalue weighted by atomic mass is 10.3. The van der Waals surface area contributed by atoms with Crippen molar-refractivity contribution in [3.05, 3.63) is 39.3 Å². The van der Waals surface area contributed by atoms with Crippen molar-refractivity contribution >= 4 is 55.4 Å². The van der Waals surface area contributed by atoms with E-state index in [9.17, 15) is 8.42 Å². The number of nitrogens with zero attached hydrogens (tertiary/aromatic N) is 2. The highest BCUT2D eigenvalue weighted by Gasteiger charge is 2.20. The molecule has 0 atom stereocenters. The van der Waals surface area contributed by atoms with Gasteiger partial charge in [-0.15, -0.1) is 11.3 Å². The molecule has 112 valence electrons. The standard InChI is InChI=1S/C11H9Cl2N3O3S2/c1-6(15-17)9-5-20-11(14-9)16-21(18,19)10-4-7(12)2-3-8(10)13/h2-5,17H,1H3,(H,14,16). The van der Waals surface area contributed by atoms with Gasteiger partial charge in [-0.3, -0.25) is 4.72 Å². The Bertz CT molecular complexity index is 803. The molecule has 0 aliphatic heterocycles. The first-order valence-corrected chi connectivity index (χ1v) is 8.58. The summed E-state index contributed by atoms with van der Waals surface area (Å²) in [5, 5.41) is 13.7. The van der Waals surface area contributed by atoms with E-state index in [4.69, 9.17) is 28.4 Å². The number of benzene rings is 1. The van der Waals surface area contributed by atoms with Gasteiger partial charge in [-0.25, -0.2) is 13.4 Å². The lowest BCUT2D eigenvalue weighted by molar-refractivity contribution is 0.319. The molecule has 0 fully saturated rings. The molecule has 1 heterocycles. The Morgan fingerprint density at radius 3 is 2.81 bits per heavy atom. The van der Waals surface area contributed by atoms with Crippen LogP contribution in [0.25, 0.3) is 0 Å². The second kappa shape index (κ2) is 6.18. The van der Waals surface area contributed by atoms with Crippen LogP contribution in [0.2, 0.25) is 10.0 Å². The summed E-state index contributed by atoms with van der Waals surface area (Å²) in [6, 6.07) is 4.14. The van der Waals surface area contributed by atoms with Crippen LogP contribution in [0, 0.1) is 0 Å². The molecule has 0 aliphatic carbocycles. The average Bonchev–Trinajstić information content (AvgIpc) is 2.88. The molecule has 10 heteroatoms. The van der Waals surface area contributed by atoms with Crippen LogP contribution in [0.5, 0.6) is 0 Å². The van der Waals surface area contributed by atoms with Crippen molar-refractivity contribution in [2.45, 2.75) is 11.8 Å². The lowest BCUT2D eigenvalue weighted by Gasteiger charge is -2.07. The molecule has 0 radical (unpaired) electrons. The number of sulfonamides is 1. The smallest absolute Gasteiger partial charge is 0.265 e. The maximum absolute atomic E-state index is 12.3. The van der Waals surface area contributed by atoms with Crippen molar-refractivity contribution in [2.24, 2.45) is 5.16 Å². The van der Waals surface area contributed by atoms with Gasteiger partial charge in [-0.2, -0.15) is 0 Å². The molecule has 0 saturated carbocycles. The van der Waals surface area contributed by atoms with Crippen molar-refractivity contribution in [3.8, 4) is 0 Å². The summed E-state index contributed by atoms with van der Waals surface area (Å²) >= 11 is 12.7. The van der Waals surface area contributed by atoms with Gasteiger partial charge in [0.1, 0.15) is 16.3 Å². The van der Waals surface area contributed by atoms with Crippen LogP contribution in [0.1, 0.15) is 12.6 Å². The number of halogens is 2. The summed E-state index contributed by atoms with van der Waals surface area (Å²) < 4.78 is 26.8. The van der Waals surface area contributed by atoms with Gasteiger partial charge in [0.25, 0.3) is 10.0 Å². The van der Waals surface area contributed by atoms with Crippen LogP contribution in [-0.4, -0.2) is 24.3 Å². The zero-order chi connectivity index (χ0) is 15.6. The average molecular weight is 366 g/mol. The van der Waals surface area contributed by atoms with Crippen LogP contribution in [-0.2, 0) is 10.0 Å². The zero-order valence-electron chi connectivity index (χ0n) is 10.5. The molecule has 0 spiro atoms. The summed E-state index contributed by atoms with van der Waals surface area (Å²) in [5.41, 5.74) is 0.648. The first-order valence-electron chi connectivity index (χ1n) is 5.46. The molecule has 2 N–H and O–H groups in total. The molecule has 2 rings (SSSR count). The molecular formula is C11H9Cl2N3O3S2. The highest BCUT2D eigenvalue weighted by molar-refractivity contribution is 7.93. The fraction of sp³-hybridized carbons (Fsp3) is 0.0909. The van der Waals surface area contributed by atoms with Crippen molar-refractivity contribution in [3.63, 3.8) is 0 Å². The topological polar surface area (TPSA) is 91.7 Å². The first kappa shape index (κ1) is 16.0. The van der Waals surface area contributed by atoms with Crippen LogP contribution in [0.4, 0.5) is 5.13 Å². The van der Waals surface area contributed by atoms with E-state index in [0.717, 1.165) is 11.3 Å². The van der Waals surface area contributed by atoms with Crippen molar-refractivity contribution in [2.75, 3.05) is 4.72 Å². The number of hydrogen-bond donors (Lipinski definition) is 2. The molecule has 0 aliphatic rings. The highest BCUT2D eigenvalue weighted by Crippen LogP contribution is 2.27. The Morgan fingerprint density at radius 1 is 1.43 bits per heavy atom. The quantitative estimate of drug-likeness (QED) is 0.493. The number of nitrogens with one attached hydrogen (secondary N) is 1. The van der Waals surface area contributed by atoms with E-state index >= 15 is 0 Å². The Kier molecular flexibility index (Phi) is 4.72. The van der Waals surface area contributed by atoms with Crippen LogP contribution in [0.3, 0.4) is 0 Å². The minimum absolute atomic E-state index is 0.0526. The number of oxime groups is 1. The van der Waals surface area contributed by atoms with Crippen LogP contribution >= 0.6 is 34.5 Å². The van der Waals surface area contributed by atoms with Crippen molar-refractivity contribution < 1.29 is 13.6 Å². The van der Waals surface area contributed by atoms with Gasteiger partial charge in [0, 0.05) is 10.4 Å². The monoisotopic (exact) mass is 365 g/mol. The lowest BCUT2D eigenvalue weighted by Crippen LogP contribution is -2.13. The SMILES string of the molecule is CC(=NO)c1csc(NS(=O)(=O)c2cc(Cl)ccc2Cl)n1. The Balaban J connectivity index is 2.33. The summed E-state index contributed by atoms with van der Waals surface area (Å²) in [4.78, 5) is 3.87. The summed E-state index contributed by atoms with van der Waals surface area (Å²) in [7, 11) is -3.91.